The second-order valence-corrected chi connectivity index (χ2v) is 8.00. The maximum absolute atomic E-state index is 13.1. The number of anilines is 3. The van der Waals surface area contributed by atoms with E-state index in [1.54, 1.807) is 6.92 Å². The Hall–Kier alpha value is -2.32. The van der Waals surface area contributed by atoms with Crippen LogP contribution >= 0.6 is 0 Å². The molecule has 0 aliphatic heterocycles. The number of halogens is 3. The molecule has 0 bridgehead atoms. The van der Waals surface area contributed by atoms with E-state index in [4.69, 9.17) is 5.10 Å². The van der Waals surface area contributed by atoms with E-state index in [9.17, 15) is 13.2 Å². The van der Waals surface area contributed by atoms with Crippen molar-refractivity contribution in [2.45, 2.75) is 58.2 Å². The lowest BCUT2D eigenvalue weighted by atomic mass is 10.2. The molecule has 2 aromatic rings. The first-order valence-electron chi connectivity index (χ1n) is 9.23. The van der Waals surface area contributed by atoms with Gasteiger partial charge in [-0.15, -0.1) is 0 Å². The fraction of sp³-hybridized carbons (Fsp3) is 0.611. The molecule has 2 saturated carbocycles. The van der Waals surface area contributed by atoms with Gasteiger partial charge in [0, 0.05) is 24.9 Å². The average molecular weight is 380 g/mol. The number of nitrogens with zero attached hydrogens (tertiary/aromatic N) is 4. The highest BCUT2D eigenvalue weighted by atomic mass is 19.4. The van der Waals surface area contributed by atoms with Crippen molar-refractivity contribution in [1.82, 2.24) is 19.7 Å². The second kappa shape index (κ2) is 6.10. The summed E-state index contributed by atoms with van der Waals surface area (Å²) in [5, 5.41) is 10.5. The van der Waals surface area contributed by atoms with Gasteiger partial charge >= 0.3 is 6.18 Å². The van der Waals surface area contributed by atoms with Gasteiger partial charge in [-0.2, -0.15) is 23.3 Å². The van der Waals surface area contributed by atoms with Crippen molar-refractivity contribution in [3.8, 4) is 0 Å². The third-order valence-electron chi connectivity index (χ3n) is 5.19. The summed E-state index contributed by atoms with van der Waals surface area (Å²) in [6.07, 6.45) is 1.48. The van der Waals surface area contributed by atoms with Gasteiger partial charge in [-0.25, -0.2) is 4.98 Å². The van der Waals surface area contributed by atoms with Crippen LogP contribution in [0.3, 0.4) is 0 Å². The molecule has 0 spiro atoms. The summed E-state index contributed by atoms with van der Waals surface area (Å²) in [5.74, 6) is 0.319. The van der Waals surface area contributed by atoms with Gasteiger partial charge in [0.05, 0.1) is 17.4 Å². The molecule has 27 heavy (non-hydrogen) atoms. The summed E-state index contributed by atoms with van der Waals surface area (Å²) in [4.78, 5) is 7.94. The summed E-state index contributed by atoms with van der Waals surface area (Å²) in [6.45, 7) is 6.46. The zero-order valence-corrected chi connectivity index (χ0v) is 15.6. The van der Waals surface area contributed by atoms with E-state index in [2.05, 4.69) is 34.4 Å². The maximum atomic E-state index is 13.1. The second-order valence-electron chi connectivity index (χ2n) is 8.00. The van der Waals surface area contributed by atoms with Gasteiger partial charge < -0.3 is 10.6 Å². The molecule has 2 fully saturated rings. The number of nitrogens with one attached hydrogen (secondary N) is 2. The van der Waals surface area contributed by atoms with Gasteiger partial charge in [0.25, 0.3) is 0 Å². The summed E-state index contributed by atoms with van der Waals surface area (Å²) in [6, 6.07) is 0.358. The molecule has 0 amide bonds. The molecule has 2 aromatic heterocycles. The van der Waals surface area contributed by atoms with Crippen LogP contribution in [0.5, 0.6) is 0 Å². The average Bonchev–Trinajstić information content (AvgIpc) is 3.47. The van der Waals surface area contributed by atoms with Crippen molar-refractivity contribution in [3.63, 3.8) is 0 Å². The predicted molar refractivity (Wildman–Crippen MR) is 96.1 cm³/mol. The Morgan fingerprint density at radius 2 is 2.00 bits per heavy atom. The van der Waals surface area contributed by atoms with E-state index < -0.39 is 11.7 Å². The van der Waals surface area contributed by atoms with Gasteiger partial charge in [0.15, 0.2) is 0 Å². The lowest BCUT2D eigenvalue weighted by Gasteiger charge is -2.13. The van der Waals surface area contributed by atoms with Crippen molar-refractivity contribution >= 4 is 17.5 Å². The van der Waals surface area contributed by atoms with Gasteiger partial charge in [-0.1, -0.05) is 13.8 Å². The van der Waals surface area contributed by atoms with E-state index in [1.807, 2.05) is 10.9 Å². The van der Waals surface area contributed by atoms with Crippen LogP contribution in [0.15, 0.2) is 12.4 Å². The van der Waals surface area contributed by atoms with Crippen molar-refractivity contribution in [1.29, 1.82) is 0 Å². The monoisotopic (exact) mass is 380 g/mol. The smallest absolute Gasteiger partial charge is 0.370 e. The molecule has 2 heterocycles. The van der Waals surface area contributed by atoms with Crippen LogP contribution in [0.25, 0.3) is 0 Å². The zero-order chi connectivity index (χ0) is 19.4. The molecule has 6 nitrogen and oxygen atoms in total. The molecule has 2 N–H and O–H groups in total. The summed E-state index contributed by atoms with van der Waals surface area (Å²) >= 11 is 0. The van der Waals surface area contributed by atoms with E-state index in [0.29, 0.717) is 18.5 Å². The minimum Gasteiger partial charge on any atom is -0.370 e. The number of rotatable bonds is 6. The summed E-state index contributed by atoms with van der Waals surface area (Å²) < 4.78 is 41.4. The molecule has 0 unspecified atom stereocenters. The molecule has 0 saturated heterocycles. The number of aromatic nitrogens is 4. The fourth-order valence-electron chi connectivity index (χ4n) is 3.28. The molecule has 0 radical (unpaired) electrons. The molecule has 4 rings (SSSR count). The molecular formula is C18H23F3N6. The first-order chi connectivity index (χ1) is 12.7. The molecule has 2 aliphatic rings. The first kappa shape index (κ1) is 18.1. The Labute approximate surface area is 155 Å². The van der Waals surface area contributed by atoms with E-state index >= 15 is 0 Å². The highest BCUT2D eigenvalue weighted by Crippen LogP contribution is 2.56. The SMILES string of the molecule is CCNc1nc(Nc2cn([C@H]3CC3(C)C)nc2C2CC2)ncc1C(F)(F)F. The highest BCUT2D eigenvalue weighted by Gasteiger charge is 2.48. The van der Waals surface area contributed by atoms with Crippen LogP contribution in [0, 0.1) is 5.41 Å². The largest absolute Gasteiger partial charge is 0.421 e. The standard InChI is InChI=1S/C18H23F3N6/c1-4-22-15-11(18(19,20)21)8-23-16(25-15)24-12-9-27(13-7-17(13,2)3)26-14(12)10-5-6-10/h8-10,13H,4-7H2,1-3H3,(H2,22,23,24,25)/t13-/m0/s1. The molecule has 2 aliphatic carbocycles. The zero-order valence-electron chi connectivity index (χ0n) is 15.6. The molecule has 1 atom stereocenters. The Kier molecular flexibility index (Phi) is 4.08. The minimum absolute atomic E-state index is 0.135. The Bertz CT molecular complexity index is 853. The van der Waals surface area contributed by atoms with E-state index in [1.165, 1.54) is 0 Å². The maximum Gasteiger partial charge on any atom is 0.421 e. The van der Waals surface area contributed by atoms with Gasteiger partial charge in [0.1, 0.15) is 11.4 Å². The third kappa shape index (κ3) is 3.59. The summed E-state index contributed by atoms with van der Waals surface area (Å²) in [7, 11) is 0. The van der Waals surface area contributed by atoms with Gasteiger partial charge in [-0.3, -0.25) is 4.68 Å². The van der Waals surface area contributed by atoms with Gasteiger partial charge in [-0.05, 0) is 31.6 Å². The van der Waals surface area contributed by atoms with E-state index in [0.717, 1.165) is 36.8 Å². The molecule has 9 heteroatoms. The van der Waals surface area contributed by atoms with Crippen molar-refractivity contribution in [2.75, 3.05) is 17.2 Å². The Morgan fingerprint density at radius 1 is 1.30 bits per heavy atom. The van der Waals surface area contributed by atoms with Crippen LogP contribution in [0.2, 0.25) is 0 Å². The highest BCUT2D eigenvalue weighted by molar-refractivity contribution is 5.59. The minimum atomic E-state index is -4.50. The fourth-order valence-corrected chi connectivity index (χ4v) is 3.28. The van der Waals surface area contributed by atoms with Crippen LogP contribution in [-0.4, -0.2) is 26.3 Å². The van der Waals surface area contributed by atoms with Crippen molar-refractivity contribution in [2.24, 2.45) is 5.41 Å². The number of hydrogen-bond acceptors (Lipinski definition) is 5. The molecule has 146 valence electrons. The third-order valence-corrected chi connectivity index (χ3v) is 5.19. The molecular weight excluding hydrogens is 357 g/mol. The van der Waals surface area contributed by atoms with Crippen LogP contribution in [-0.2, 0) is 6.18 Å². The first-order valence-corrected chi connectivity index (χ1v) is 9.23. The Balaban J connectivity index is 1.63. The topological polar surface area (TPSA) is 67.7 Å². The lowest BCUT2D eigenvalue weighted by molar-refractivity contribution is -0.137. The quantitative estimate of drug-likeness (QED) is 0.759. The van der Waals surface area contributed by atoms with E-state index in [-0.39, 0.29) is 17.2 Å². The normalized spacial score (nSPS) is 21.2. The number of hydrogen-bond donors (Lipinski definition) is 2. The Morgan fingerprint density at radius 3 is 2.56 bits per heavy atom. The van der Waals surface area contributed by atoms with Crippen molar-refractivity contribution in [3.05, 3.63) is 23.7 Å². The summed E-state index contributed by atoms with van der Waals surface area (Å²) in [5.41, 5.74) is 1.09. The van der Waals surface area contributed by atoms with Gasteiger partial charge in [0.2, 0.25) is 5.95 Å². The van der Waals surface area contributed by atoms with Crippen LogP contribution < -0.4 is 10.6 Å². The van der Waals surface area contributed by atoms with Crippen molar-refractivity contribution < 1.29 is 13.2 Å². The molecule has 0 aromatic carbocycles. The number of alkyl halides is 3. The predicted octanol–water partition coefficient (Wildman–Crippen LogP) is 4.72. The lowest BCUT2D eigenvalue weighted by Crippen LogP contribution is -2.14. The van der Waals surface area contributed by atoms with Crippen LogP contribution in [0.4, 0.5) is 30.6 Å². The van der Waals surface area contributed by atoms with Crippen LogP contribution in [0.1, 0.15) is 63.3 Å².